The number of rotatable bonds is 4. The molecule has 4 nitrogen and oxygen atoms in total. The molecule has 1 aliphatic heterocycles. The molecular weight excluding hydrogens is 343 g/mol. The highest BCUT2D eigenvalue weighted by Crippen LogP contribution is 2.35. The zero-order valence-corrected chi connectivity index (χ0v) is 15.7. The number of ether oxygens (including phenoxy) is 1. The molecule has 25 heavy (non-hydrogen) atoms. The van der Waals surface area contributed by atoms with Crippen LogP contribution in [-0.4, -0.2) is 31.1 Å². The zero-order valence-electron chi connectivity index (χ0n) is 14.9. The third-order valence-electron chi connectivity index (χ3n) is 5.17. The summed E-state index contributed by atoms with van der Waals surface area (Å²) in [7, 11) is 0. The van der Waals surface area contributed by atoms with Gasteiger partial charge in [-0.3, -0.25) is 4.79 Å². The van der Waals surface area contributed by atoms with Gasteiger partial charge in [0, 0.05) is 17.5 Å². The number of fused-ring (bicyclic) bond motifs is 1. The summed E-state index contributed by atoms with van der Waals surface area (Å²) in [5, 5.41) is 6.59. The molecule has 2 fully saturated rings. The second kappa shape index (κ2) is 7.12. The number of hydrogen-bond acceptors (Lipinski definition) is 3. The Morgan fingerprint density at radius 1 is 1.32 bits per heavy atom. The quantitative estimate of drug-likeness (QED) is 0.856. The van der Waals surface area contributed by atoms with Crippen molar-refractivity contribution >= 4 is 17.5 Å². The number of carbonyl (C=O) groups excluding carboxylic acids is 1. The molecule has 1 amide bonds. The van der Waals surface area contributed by atoms with Crippen LogP contribution in [0.25, 0.3) is 0 Å². The monoisotopic (exact) mass is 368 g/mol. The highest BCUT2D eigenvalue weighted by Gasteiger charge is 2.40. The molecule has 138 valence electrons. The number of carbonyl (C=O) groups is 1. The molecule has 6 heteroatoms. The smallest absolute Gasteiger partial charge is 0.261 e. The topological polar surface area (TPSA) is 50.4 Å². The van der Waals surface area contributed by atoms with Crippen LogP contribution in [0.3, 0.4) is 0 Å². The Labute approximate surface area is 153 Å². The van der Waals surface area contributed by atoms with E-state index < -0.39 is 17.3 Å². The van der Waals surface area contributed by atoms with Crippen molar-refractivity contribution in [3.05, 3.63) is 29.0 Å². The predicted octanol–water partition coefficient (Wildman–Crippen LogP) is 3.39. The first-order valence-corrected chi connectivity index (χ1v) is 9.24. The number of nitrogens with one attached hydrogen (secondary N) is 2. The Bertz CT molecular complexity index is 635. The Balaban J connectivity index is 1.67. The molecule has 0 spiro atoms. The number of amides is 1. The minimum atomic E-state index is -0.702. The molecular formula is C19H26ClFN2O2. The number of halogens is 2. The SMILES string of the molecule is CC(C)(C)[C@H](Oc1ccc(Cl)c(F)c1)C(=O)NC1C[C@@H]2CNC[C@H]2C1. The van der Waals surface area contributed by atoms with E-state index in [4.69, 9.17) is 16.3 Å². The van der Waals surface area contributed by atoms with Crippen LogP contribution >= 0.6 is 11.6 Å². The summed E-state index contributed by atoms with van der Waals surface area (Å²) < 4.78 is 19.5. The molecule has 0 bridgehead atoms. The van der Waals surface area contributed by atoms with Crippen LogP contribution < -0.4 is 15.4 Å². The Morgan fingerprint density at radius 3 is 2.52 bits per heavy atom. The molecule has 1 heterocycles. The summed E-state index contributed by atoms with van der Waals surface area (Å²) in [5.74, 6) is 0.933. The Morgan fingerprint density at radius 2 is 1.96 bits per heavy atom. The highest BCUT2D eigenvalue weighted by atomic mass is 35.5. The minimum Gasteiger partial charge on any atom is -0.480 e. The van der Waals surface area contributed by atoms with Gasteiger partial charge in [0.25, 0.3) is 5.91 Å². The number of benzene rings is 1. The van der Waals surface area contributed by atoms with E-state index in [1.165, 1.54) is 12.1 Å². The van der Waals surface area contributed by atoms with Gasteiger partial charge in [-0.05, 0) is 49.9 Å². The van der Waals surface area contributed by atoms with E-state index in [1.807, 2.05) is 20.8 Å². The van der Waals surface area contributed by atoms with Gasteiger partial charge in [0.15, 0.2) is 6.10 Å². The lowest BCUT2D eigenvalue weighted by atomic mass is 9.88. The largest absolute Gasteiger partial charge is 0.480 e. The van der Waals surface area contributed by atoms with Gasteiger partial charge in [0.1, 0.15) is 11.6 Å². The van der Waals surface area contributed by atoms with E-state index >= 15 is 0 Å². The van der Waals surface area contributed by atoms with Crippen molar-refractivity contribution in [3.63, 3.8) is 0 Å². The molecule has 1 saturated carbocycles. The van der Waals surface area contributed by atoms with Gasteiger partial charge in [-0.1, -0.05) is 32.4 Å². The van der Waals surface area contributed by atoms with E-state index in [0.29, 0.717) is 17.6 Å². The Hall–Kier alpha value is -1.33. The van der Waals surface area contributed by atoms with Crippen molar-refractivity contribution in [1.82, 2.24) is 10.6 Å². The molecule has 1 aliphatic carbocycles. The molecule has 1 aromatic carbocycles. The molecule has 2 aliphatic rings. The third kappa shape index (κ3) is 4.26. The lowest BCUT2D eigenvalue weighted by Crippen LogP contribution is -2.49. The minimum absolute atomic E-state index is 0.0372. The van der Waals surface area contributed by atoms with Crippen molar-refractivity contribution in [1.29, 1.82) is 0 Å². The van der Waals surface area contributed by atoms with Gasteiger partial charge < -0.3 is 15.4 Å². The fourth-order valence-corrected chi connectivity index (χ4v) is 3.99. The summed E-state index contributed by atoms with van der Waals surface area (Å²) in [5.41, 5.74) is -0.420. The van der Waals surface area contributed by atoms with Gasteiger partial charge in [-0.2, -0.15) is 0 Å². The van der Waals surface area contributed by atoms with Crippen LogP contribution in [0.5, 0.6) is 5.75 Å². The second-order valence-corrected chi connectivity index (χ2v) is 8.70. The van der Waals surface area contributed by atoms with E-state index in [-0.39, 0.29) is 17.0 Å². The maximum Gasteiger partial charge on any atom is 0.261 e. The van der Waals surface area contributed by atoms with E-state index in [1.54, 1.807) is 6.07 Å². The van der Waals surface area contributed by atoms with Crippen molar-refractivity contribution in [2.75, 3.05) is 13.1 Å². The van der Waals surface area contributed by atoms with Crippen LogP contribution in [0, 0.1) is 23.1 Å². The molecule has 0 aromatic heterocycles. The molecule has 0 unspecified atom stereocenters. The highest BCUT2D eigenvalue weighted by molar-refractivity contribution is 6.30. The van der Waals surface area contributed by atoms with Crippen LogP contribution in [0.15, 0.2) is 18.2 Å². The first-order chi connectivity index (χ1) is 11.7. The molecule has 1 aromatic rings. The van der Waals surface area contributed by atoms with Gasteiger partial charge in [0.05, 0.1) is 5.02 Å². The fraction of sp³-hybridized carbons (Fsp3) is 0.632. The van der Waals surface area contributed by atoms with Crippen LogP contribution in [0.1, 0.15) is 33.6 Å². The van der Waals surface area contributed by atoms with Crippen molar-refractivity contribution in [2.24, 2.45) is 17.3 Å². The first kappa shape index (κ1) is 18.5. The maximum atomic E-state index is 13.7. The van der Waals surface area contributed by atoms with Gasteiger partial charge in [0.2, 0.25) is 0 Å². The summed E-state index contributed by atoms with van der Waals surface area (Å²) in [6, 6.07) is 4.44. The Kier molecular flexibility index (Phi) is 5.26. The van der Waals surface area contributed by atoms with Crippen LogP contribution in [-0.2, 0) is 4.79 Å². The molecule has 0 radical (unpaired) electrons. The van der Waals surface area contributed by atoms with Crippen molar-refractivity contribution in [3.8, 4) is 5.75 Å². The van der Waals surface area contributed by atoms with E-state index in [2.05, 4.69) is 10.6 Å². The first-order valence-electron chi connectivity index (χ1n) is 8.87. The predicted molar refractivity (Wildman–Crippen MR) is 96.3 cm³/mol. The van der Waals surface area contributed by atoms with Crippen LogP contribution in [0.2, 0.25) is 5.02 Å². The van der Waals surface area contributed by atoms with Crippen molar-refractivity contribution in [2.45, 2.75) is 45.8 Å². The zero-order chi connectivity index (χ0) is 18.2. The lowest BCUT2D eigenvalue weighted by molar-refractivity contribution is -0.133. The average molecular weight is 369 g/mol. The van der Waals surface area contributed by atoms with Gasteiger partial charge >= 0.3 is 0 Å². The fourth-order valence-electron chi connectivity index (χ4n) is 3.87. The van der Waals surface area contributed by atoms with E-state index in [0.717, 1.165) is 25.9 Å². The normalized spacial score (nSPS) is 24.8. The molecule has 1 saturated heterocycles. The summed E-state index contributed by atoms with van der Waals surface area (Å²) in [6.07, 6.45) is 1.32. The van der Waals surface area contributed by atoms with E-state index in [9.17, 15) is 9.18 Å². The van der Waals surface area contributed by atoms with Gasteiger partial charge in [-0.15, -0.1) is 0 Å². The van der Waals surface area contributed by atoms with Crippen LogP contribution in [0.4, 0.5) is 4.39 Å². The summed E-state index contributed by atoms with van der Waals surface area (Å²) in [6.45, 7) is 7.91. The number of hydrogen-bond donors (Lipinski definition) is 2. The van der Waals surface area contributed by atoms with Gasteiger partial charge in [-0.25, -0.2) is 4.39 Å². The average Bonchev–Trinajstić information content (AvgIpc) is 3.08. The standard InChI is InChI=1S/C19H26ClFN2O2/c1-19(2,3)17(25-14-4-5-15(20)16(21)8-14)18(24)23-13-6-11-9-22-10-12(11)7-13/h4-5,8,11-13,17,22H,6-7,9-10H2,1-3H3,(H,23,24)/t11-,12-,17-/m1/s1. The summed E-state index contributed by atoms with van der Waals surface area (Å²) >= 11 is 5.71. The third-order valence-corrected chi connectivity index (χ3v) is 5.48. The lowest BCUT2D eigenvalue weighted by Gasteiger charge is -2.31. The molecule has 3 atom stereocenters. The summed E-state index contributed by atoms with van der Waals surface area (Å²) in [4.78, 5) is 12.9. The maximum absolute atomic E-state index is 13.7. The molecule has 3 rings (SSSR count). The molecule has 2 N–H and O–H groups in total. The second-order valence-electron chi connectivity index (χ2n) is 8.30. The van der Waals surface area contributed by atoms with Crippen molar-refractivity contribution < 1.29 is 13.9 Å².